The highest BCUT2D eigenvalue weighted by Gasteiger charge is 2.20. The molecule has 1 fully saturated rings. The smallest absolute Gasteiger partial charge is 0.168 e. The number of benzene rings is 1. The third-order valence-corrected chi connectivity index (χ3v) is 4.72. The number of aromatic nitrogens is 3. The van der Waals surface area contributed by atoms with Crippen LogP contribution < -0.4 is 14.8 Å². The summed E-state index contributed by atoms with van der Waals surface area (Å²) in [7, 11) is 3.30. The van der Waals surface area contributed by atoms with E-state index in [1.165, 1.54) is 6.42 Å². The maximum absolute atomic E-state index is 5.56. The number of piperidine rings is 1. The first kappa shape index (κ1) is 15.9. The van der Waals surface area contributed by atoms with Crippen LogP contribution in [0.2, 0.25) is 0 Å². The van der Waals surface area contributed by atoms with Gasteiger partial charge in [0.15, 0.2) is 23.0 Å². The molecule has 130 valence electrons. The van der Waals surface area contributed by atoms with Gasteiger partial charge in [0.05, 0.1) is 14.2 Å². The molecule has 2 aromatic heterocycles. The van der Waals surface area contributed by atoms with Gasteiger partial charge in [-0.25, -0.2) is 9.50 Å². The van der Waals surface area contributed by atoms with Crippen LogP contribution in [0.1, 0.15) is 24.6 Å². The van der Waals surface area contributed by atoms with Crippen molar-refractivity contribution in [1.82, 2.24) is 19.9 Å². The molecular weight excluding hydrogens is 316 g/mol. The molecule has 1 saturated heterocycles. The highest BCUT2D eigenvalue weighted by Crippen LogP contribution is 2.37. The fraction of sp³-hybridized carbons (Fsp3) is 0.368. The van der Waals surface area contributed by atoms with Gasteiger partial charge in [-0.15, -0.1) is 0 Å². The number of nitrogens with zero attached hydrogens (tertiary/aromatic N) is 3. The number of hydrogen-bond donors (Lipinski definition) is 1. The molecule has 0 amide bonds. The Labute approximate surface area is 146 Å². The molecule has 1 aliphatic heterocycles. The van der Waals surface area contributed by atoms with Crippen LogP contribution in [0.15, 0.2) is 36.5 Å². The van der Waals surface area contributed by atoms with Crippen molar-refractivity contribution >= 4 is 5.65 Å². The van der Waals surface area contributed by atoms with Crippen molar-refractivity contribution in [3.05, 3.63) is 42.4 Å². The zero-order chi connectivity index (χ0) is 17.2. The molecule has 6 heteroatoms. The molecule has 6 nitrogen and oxygen atoms in total. The summed E-state index contributed by atoms with van der Waals surface area (Å²) in [5.41, 5.74) is 2.85. The van der Waals surface area contributed by atoms with Gasteiger partial charge in [-0.2, -0.15) is 5.10 Å². The van der Waals surface area contributed by atoms with Gasteiger partial charge in [0.25, 0.3) is 0 Å². The molecule has 0 unspecified atom stereocenters. The van der Waals surface area contributed by atoms with Gasteiger partial charge in [-0.05, 0) is 37.6 Å². The Bertz CT molecular complexity index is 884. The zero-order valence-corrected chi connectivity index (χ0v) is 14.5. The molecule has 25 heavy (non-hydrogen) atoms. The van der Waals surface area contributed by atoms with Crippen LogP contribution in [-0.4, -0.2) is 41.9 Å². The topological polar surface area (TPSA) is 60.7 Å². The van der Waals surface area contributed by atoms with E-state index in [1.807, 2.05) is 41.0 Å². The first-order chi connectivity index (χ1) is 12.3. The number of ether oxygens (including phenoxy) is 2. The Hall–Kier alpha value is -2.60. The van der Waals surface area contributed by atoms with Crippen LogP contribution in [0.5, 0.6) is 11.5 Å². The lowest BCUT2D eigenvalue weighted by Gasteiger charge is -2.19. The standard InChI is InChI=1S/C19H22N4O2/c1-24-16-7-3-6-15(18(16)25-2)14-8-9-17-21-19(22-23(17)12-14)13-5-4-10-20-11-13/h3,6-9,12-13,20H,4-5,10-11H2,1-2H3/t13-/m1/s1. The van der Waals surface area contributed by atoms with Crippen molar-refractivity contribution in [2.45, 2.75) is 18.8 Å². The van der Waals surface area contributed by atoms with Gasteiger partial charge in [-0.1, -0.05) is 12.1 Å². The molecular formula is C19H22N4O2. The largest absolute Gasteiger partial charge is 0.493 e. The Kier molecular flexibility index (Phi) is 4.28. The quantitative estimate of drug-likeness (QED) is 0.793. The Balaban J connectivity index is 1.74. The molecule has 0 radical (unpaired) electrons. The monoisotopic (exact) mass is 338 g/mol. The second kappa shape index (κ2) is 6.72. The van der Waals surface area contributed by atoms with Crippen LogP contribution >= 0.6 is 0 Å². The van der Waals surface area contributed by atoms with E-state index in [4.69, 9.17) is 19.6 Å². The fourth-order valence-corrected chi connectivity index (χ4v) is 3.42. The van der Waals surface area contributed by atoms with E-state index >= 15 is 0 Å². The zero-order valence-electron chi connectivity index (χ0n) is 14.5. The van der Waals surface area contributed by atoms with Crippen LogP contribution in [0.25, 0.3) is 16.8 Å². The van der Waals surface area contributed by atoms with Crippen LogP contribution in [0.3, 0.4) is 0 Å². The van der Waals surface area contributed by atoms with Crippen molar-refractivity contribution < 1.29 is 9.47 Å². The number of nitrogens with one attached hydrogen (secondary N) is 1. The number of rotatable bonds is 4. The number of methoxy groups -OCH3 is 2. The Morgan fingerprint density at radius 1 is 1.16 bits per heavy atom. The van der Waals surface area contributed by atoms with E-state index in [0.717, 1.165) is 47.9 Å². The van der Waals surface area contributed by atoms with E-state index in [1.54, 1.807) is 14.2 Å². The van der Waals surface area contributed by atoms with E-state index in [9.17, 15) is 0 Å². The summed E-state index contributed by atoms with van der Waals surface area (Å²) in [6.07, 6.45) is 4.31. The van der Waals surface area contributed by atoms with Crippen LogP contribution in [0.4, 0.5) is 0 Å². The first-order valence-corrected chi connectivity index (χ1v) is 8.58. The average molecular weight is 338 g/mol. The predicted octanol–water partition coefficient (Wildman–Crippen LogP) is 2.88. The third kappa shape index (κ3) is 2.93. The maximum Gasteiger partial charge on any atom is 0.168 e. The summed E-state index contributed by atoms with van der Waals surface area (Å²) in [4.78, 5) is 4.70. The van der Waals surface area contributed by atoms with E-state index in [-0.39, 0.29) is 0 Å². The van der Waals surface area contributed by atoms with Gasteiger partial charge in [0.1, 0.15) is 0 Å². The summed E-state index contributed by atoms with van der Waals surface area (Å²) in [5, 5.41) is 8.14. The molecule has 0 saturated carbocycles. The summed E-state index contributed by atoms with van der Waals surface area (Å²) in [6.45, 7) is 2.04. The van der Waals surface area contributed by atoms with Crippen LogP contribution in [0, 0.1) is 0 Å². The molecule has 0 aliphatic carbocycles. The molecule has 0 bridgehead atoms. The minimum atomic E-state index is 0.392. The molecule has 4 rings (SSSR count). The molecule has 3 aromatic rings. The second-order valence-electron chi connectivity index (χ2n) is 6.27. The molecule has 0 spiro atoms. The number of hydrogen-bond acceptors (Lipinski definition) is 5. The van der Waals surface area contributed by atoms with Crippen molar-refractivity contribution in [3.8, 4) is 22.6 Å². The summed E-state index contributed by atoms with van der Waals surface area (Å²) >= 11 is 0. The lowest BCUT2D eigenvalue weighted by atomic mass is 9.99. The second-order valence-corrected chi connectivity index (χ2v) is 6.27. The van der Waals surface area contributed by atoms with Gasteiger partial charge < -0.3 is 14.8 Å². The van der Waals surface area contributed by atoms with E-state index in [0.29, 0.717) is 11.7 Å². The highest BCUT2D eigenvalue weighted by molar-refractivity contribution is 5.74. The maximum atomic E-state index is 5.56. The summed E-state index contributed by atoms with van der Waals surface area (Å²) < 4.78 is 12.8. The SMILES string of the molecule is COc1cccc(-c2ccc3nc([C@@H]4CCCNC4)nn3c2)c1OC. The predicted molar refractivity (Wildman–Crippen MR) is 96.4 cm³/mol. The summed E-state index contributed by atoms with van der Waals surface area (Å²) in [5.74, 6) is 2.75. The van der Waals surface area contributed by atoms with Gasteiger partial charge in [0.2, 0.25) is 0 Å². The average Bonchev–Trinajstić information content (AvgIpc) is 3.11. The minimum Gasteiger partial charge on any atom is -0.493 e. The molecule has 1 aromatic carbocycles. The van der Waals surface area contributed by atoms with Crippen molar-refractivity contribution in [2.75, 3.05) is 27.3 Å². The molecule has 1 aliphatic rings. The van der Waals surface area contributed by atoms with E-state index in [2.05, 4.69) is 5.32 Å². The lowest BCUT2D eigenvalue weighted by Crippen LogP contribution is -2.28. The number of fused-ring (bicyclic) bond motifs is 1. The Morgan fingerprint density at radius 3 is 2.84 bits per heavy atom. The van der Waals surface area contributed by atoms with Crippen molar-refractivity contribution in [3.63, 3.8) is 0 Å². The number of pyridine rings is 1. The van der Waals surface area contributed by atoms with E-state index < -0.39 is 0 Å². The van der Waals surface area contributed by atoms with Crippen LogP contribution in [-0.2, 0) is 0 Å². The number of para-hydroxylation sites is 1. The molecule has 3 heterocycles. The van der Waals surface area contributed by atoms with Crippen molar-refractivity contribution in [1.29, 1.82) is 0 Å². The minimum absolute atomic E-state index is 0.392. The Morgan fingerprint density at radius 2 is 2.08 bits per heavy atom. The van der Waals surface area contributed by atoms with Gasteiger partial charge >= 0.3 is 0 Å². The molecule has 1 N–H and O–H groups in total. The first-order valence-electron chi connectivity index (χ1n) is 8.58. The normalized spacial score (nSPS) is 17.6. The lowest BCUT2D eigenvalue weighted by molar-refractivity contribution is 0.356. The van der Waals surface area contributed by atoms with Gasteiger partial charge in [-0.3, -0.25) is 0 Å². The third-order valence-electron chi connectivity index (χ3n) is 4.72. The van der Waals surface area contributed by atoms with Crippen molar-refractivity contribution in [2.24, 2.45) is 0 Å². The highest BCUT2D eigenvalue weighted by atomic mass is 16.5. The summed E-state index contributed by atoms with van der Waals surface area (Å²) in [6, 6.07) is 9.92. The van der Waals surface area contributed by atoms with Gasteiger partial charge in [0, 0.05) is 29.8 Å². The molecule has 1 atom stereocenters. The fourth-order valence-electron chi connectivity index (χ4n) is 3.42.